The lowest BCUT2D eigenvalue weighted by Crippen LogP contribution is -2.21. The first-order chi connectivity index (χ1) is 7.02. The first-order valence-corrected chi connectivity index (χ1v) is 4.91. The lowest BCUT2D eigenvalue weighted by Gasteiger charge is -2.01. The van der Waals surface area contributed by atoms with Crippen molar-refractivity contribution in [3.63, 3.8) is 0 Å². The molecule has 0 heterocycles. The number of nitrogens with zero attached hydrogens (tertiary/aromatic N) is 2. The summed E-state index contributed by atoms with van der Waals surface area (Å²) >= 11 is 17.5. The number of guanidine groups is 1. The monoisotopic (exact) mass is 264 g/mol. The van der Waals surface area contributed by atoms with E-state index in [9.17, 15) is 0 Å². The zero-order chi connectivity index (χ0) is 11.4. The largest absolute Gasteiger partial charge is 0.369 e. The Morgan fingerprint density at radius 2 is 1.80 bits per heavy atom. The molecule has 4 N–H and O–H groups in total. The molecular formula is C8H7Cl3N4. The maximum atomic E-state index is 5.90. The molecule has 0 aromatic heterocycles. The van der Waals surface area contributed by atoms with E-state index in [2.05, 4.69) is 10.2 Å². The van der Waals surface area contributed by atoms with Crippen LogP contribution in [0.25, 0.3) is 0 Å². The van der Waals surface area contributed by atoms with Crippen LogP contribution in [0.15, 0.2) is 22.3 Å². The van der Waals surface area contributed by atoms with Crippen LogP contribution in [0, 0.1) is 0 Å². The average molecular weight is 266 g/mol. The predicted octanol–water partition coefficient (Wildman–Crippen LogP) is 2.25. The Bertz CT molecular complexity index is 424. The van der Waals surface area contributed by atoms with E-state index in [-0.39, 0.29) is 11.0 Å². The van der Waals surface area contributed by atoms with Crippen molar-refractivity contribution < 1.29 is 0 Å². The fourth-order valence-electron chi connectivity index (χ4n) is 0.798. The van der Waals surface area contributed by atoms with Gasteiger partial charge in [0.2, 0.25) is 5.96 Å². The smallest absolute Gasteiger partial charge is 0.211 e. The standard InChI is InChI=1S/C8H7Cl3N4/c9-5-2-1-4(6(10)7(5)11)3-14-15-8(12)13/h1-3H,(H4,12,13,15)/b14-3+. The van der Waals surface area contributed by atoms with Crippen molar-refractivity contribution in [1.82, 2.24) is 0 Å². The molecule has 15 heavy (non-hydrogen) atoms. The highest BCUT2D eigenvalue weighted by Crippen LogP contribution is 2.31. The average Bonchev–Trinajstić information content (AvgIpc) is 2.18. The third kappa shape index (κ3) is 3.27. The Kier molecular flexibility index (Phi) is 4.20. The topological polar surface area (TPSA) is 76.8 Å². The van der Waals surface area contributed by atoms with Crippen molar-refractivity contribution in [1.29, 1.82) is 0 Å². The molecule has 0 fully saturated rings. The molecule has 1 aromatic rings. The van der Waals surface area contributed by atoms with Crippen molar-refractivity contribution in [2.45, 2.75) is 0 Å². The lowest BCUT2D eigenvalue weighted by molar-refractivity contribution is 1.21. The third-order valence-electron chi connectivity index (χ3n) is 1.44. The molecule has 0 atom stereocenters. The number of rotatable bonds is 2. The van der Waals surface area contributed by atoms with Gasteiger partial charge in [-0.1, -0.05) is 40.9 Å². The first-order valence-electron chi connectivity index (χ1n) is 3.78. The molecular weight excluding hydrogens is 258 g/mol. The molecule has 0 aliphatic carbocycles. The zero-order valence-corrected chi connectivity index (χ0v) is 9.68. The summed E-state index contributed by atoms with van der Waals surface area (Å²) in [7, 11) is 0. The molecule has 0 saturated heterocycles. The Hall–Kier alpha value is -0.970. The predicted molar refractivity (Wildman–Crippen MR) is 64.9 cm³/mol. The van der Waals surface area contributed by atoms with E-state index in [1.54, 1.807) is 12.1 Å². The number of halogens is 3. The SMILES string of the molecule is NC(N)=N/N=C/c1ccc(Cl)c(Cl)c1Cl. The second-order valence-electron chi connectivity index (χ2n) is 2.53. The van der Waals surface area contributed by atoms with E-state index < -0.39 is 0 Å². The van der Waals surface area contributed by atoms with Gasteiger partial charge in [-0.15, -0.1) is 5.10 Å². The number of nitrogens with two attached hydrogens (primary N) is 2. The van der Waals surface area contributed by atoms with Gasteiger partial charge in [-0.3, -0.25) is 0 Å². The minimum atomic E-state index is -0.137. The summed E-state index contributed by atoms with van der Waals surface area (Å²) in [4.78, 5) is 0. The van der Waals surface area contributed by atoms with Crippen LogP contribution < -0.4 is 11.5 Å². The van der Waals surface area contributed by atoms with Crippen LogP contribution in [0.2, 0.25) is 15.1 Å². The summed E-state index contributed by atoms with van der Waals surface area (Å²) in [5.74, 6) is -0.137. The molecule has 0 saturated carbocycles. The molecule has 1 rings (SSSR count). The van der Waals surface area contributed by atoms with E-state index in [4.69, 9.17) is 46.3 Å². The summed E-state index contributed by atoms with van der Waals surface area (Å²) in [5, 5.41) is 7.97. The second kappa shape index (κ2) is 5.21. The van der Waals surface area contributed by atoms with Gasteiger partial charge >= 0.3 is 0 Å². The van der Waals surface area contributed by atoms with Gasteiger partial charge in [-0.25, -0.2) is 0 Å². The number of hydrogen-bond donors (Lipinski definition) is 2. The van der Waals surface area contributed by atoms with E-state index in [0.29, 0.717) is 15.6 Å². The van der Waals surface area contributed by atoms with Crippen molar-refractivity contribution in [2.75, 3.05) is 0 Å². The highest BCUT2D eigenvalue weighted by Gasteiger charge is 2.06. The van der Waals surface area contributed by atoms with Crippen molar-refractivity contribution in [3.8, 4) is 0 Å². The van der Waals surface area contributed by atoms with Crippen LogP contribution in [-0.2, 0) is 0 Å². The fourth-order valence-corrected chi connectivity index (χ4v) is 1.39. The second-order valence-corrected chi connectivity index (χ2v) is 3.70. The molecule has 0 unspecified atom stereocenters. The summed E-state index contributed by atoms with van der Waals surface area (Å²) in [6, 6.07) is 3.26. The Morgan fingerprint density at radius 1 is 1.13 bits per heavy atom. The van der Waals surface area contributed by atoms with Crippen molar-refractivity contribution in [3.05, 3.63) is 32.8 Å². The third-order valence-corrected chi connectivity index (χ3v) is 2.74. The molecule has 7 heteroatoms. The van der Waals surface area contributed by atoms with Gasteiger partial charge in [-0.2, -0.15) is 5.10 Å². The van der Waals surface area contributed by atoms with Crippen LogP contribution >= 0.6 is 34.8 Å². The fraction of sp³-hybridized carbons (Fsp3) is 0. The molecule has 80 valence electrons. The summed E-state index contributed by atoms with van der Waals surface area (Å²) in [6.07, 6.45) is 1.38. The normalized spacial score (nSPS) is 10.6. The molecule has 0 bridgehead atoms. The zero-order valence-electron chi connectivity index (χ0n) is 7.42. The molecule has 1 aromatic carbocycles. The van der Waals surface area contributed by atoms with E-state index in [1.165, 1.54) is 6.21 Å². The van der Waals surface area contributed by atoms with Crippen molar-refractivity contribution in [2.24, 2.45) is 21.7 Å². The van der Waals surface area contributed by atoms with Gasteiger partial charge in [0, 0.05) is 5.56 Å². The van der Waals surface area contributed by atoms with Crippen LogP contribution in [0.3, 0.4) is 0 Å². The van der Waals surface area contributed by atoms with E-state index in [1.807, 2.05) is 0 Å². The highest BCUT2D eigenvalue weighted by molar-refractivity contribution is 6.48. The quantitative estimate of drug-likeness (QED) is 0.372. The van der Waals surface area contributed by atoms with Crippen LogP contribution in [0.1, 0.15) is 5.56 Å². The van der Waals surface area contributed by atoms with Gasteiger partial charge in [0.1, 0.15) is 0 Å². The minimum absolute atomic E-state index is 0.137. The Morgan fingerprint density at radius 3 is 2.40 bits per heavy atom. The van der Waals surface area contributed by atoms with Crippen LogP contribution in [0.5, 0.6) is 0 Å². The van der Waals surface area contributed by atoms with Crippen LogP contribution in [0.4, 0.5) is 0 Å². The van der Waals surface area contributed by atoms with Crippen LogP contribution in [-0.4, -0.2) is 12.2 Å². The Balaban J connectivity index is 3.02. The van der Waals surface area contributed by atoms with Gasteiger partial charge in [0.25, 0.3) is 0 Å². The maximum absolute atomic E-state index is 5.90. The lowest BCUT2D eigenvalue weighted by atomic mass is 10.2. The number of benzene rings is 1. The maximum Gasteiger partial charge on any atom is 0.211 e. The molecule has 0 amide bonds. The molecule has 4 nitrogen and oxygen atoms in total. The van der Waals surface area contributed by atoms with Gasteiger partial charge < -0.3 is 11.5 Å². The van der Waals surface area contributed by atoms with Crippen molar-refractivity contribution >= 4 is 47.0 Å². The van der Waals surface area contributed by atoms with Gasteiger partial charge in [0.05, 0.1) is 21.3 Å². The summed E-state index contributed by atoms with van der Waals surface area (Å²) in [5.41, 5.74) is 10.7. The Labute approximate surface area is 102 Å². The molecule has 0 spiro atoms. The number of hydrogen-bond acceptors (Lipinski definition) is 2. The van der Waals surface area contributed by atoms with E-state index in [0.717, 1.165) is 0 Å². The van der Waals surface area contributed by atoms with E-state index >= 15 is 0 Å². The molecule has 0 radical (unpaired) electrons. The first kappa shape index (κ1) is 12.1. The molecule has 0 aliphatic heterocycles. The highest BCUT2D eigenvalue weighted by atomic mass is 35.5. The van der Waals surface area contributed by atoms with Gasteiger partial charge in [-0.05, 0) is 6.07 Å². The summed E-state index contributed by atoms with van der Waals surface area (Å²) in [6.45, 7) is 0. The molecule has 0 aliphatic rings. The summed E-state index contributed by atoms with van der Waals surface area (Å²) < 4.78 is 0. The minimum Gasteiger partial charge on any atom is -0.369 e. The van der Waals surface area contributed by atoms with Gasteiger partial charge in [0.15, 0.2) is 0 Å².